The minimum Gasteiger partial charge on any atom is -0.328 e. The number of nitrogens with zero attached hydrogens (tertiary/aromatic N) is 1. The lowest BCUT2D eigenvalue weighted by Gasteiger charge is -2.34. The van der Waals surface area contributed by atoms with Crippen molar-refractivity contribution in [1.82, 2.24) is 4.90 Å². The Morgan fingerprint density at radius 1 is 1.65 bits per heavy atom. The van der Waals surface area contributed by atoms with E-state index >= 15 is 0 Å². The van der Waals surface area contributed by atoms with Gasteiger partial charge in [-0.25, -0.2) is 0 Å². The molecular formula is C12H20BrClN2S. The molecule has 1 aliphatic heterocycles. The second-order valence-electron chi connectivity index (χ2n) is 4.73. The summed E-state index contributed by atoms with van der Waals surface area (Å²) in [5.41, 5.74) is 6.00. The lowest BCUT2D eigenvalue weighted by atomic mass is 9.92. The Labute approximate surface area is 122 Å². The van der Waals surface area contributed by atoms with Crippen molar-refractivity contribution < 1.29 is 0 Å². The fourth-order valence-corrected chi connectivity index (χ4v) is 3.81. The van der Waals surface area contributed by atoms with Gasteiger partial charge in [0.05, 0.1) is 0 Å². The van der Waals surface area contributed by atoms with Gasteiger partial charge in [-0.1, -0.05) is 0 Å². The minimum absolute atomic E-state index is 0. The molecule has 0 saturated carbocycles. The number of hydrogen-bond donors (Lipinski definition) is 1. The van der Waals surface area contributed by atoms with Crippen LogP contribution in [0.15, 0.2) is 15.9 Å². The Hall–Kier alpha value is 0.390. The Morgan fingerprint density at radius 2 is 2.41 bits per heavy atom. The summed E-state index contributed by atoms with van der Waals surface area (Å²) in [5.74, 6) is 0.678. The lowest BCUT2D eigenvalue weighted by Crippen LogP contribution is -2.41. The topological polar surface area (TPSA) is 29.3 Å². The first kappa shape index (κ1) is 15.4. The van der Waals surface area contributed by atoms with Gasteiger partial charge in [0.2, 0.25) is 0 Å². The SMILES string of the molecule is CC(N)C1CCCN(Cc2cc(Br)cs2)C1.Cl. The predicted molar refractivity (Wildman–Crippen MR) is 80.9 cm³/mol. The summed E-state index contributed by atoms with van der Waals surface area (Å²) in [6.07, 6.45) is 2.58. The molecule has 5 heteroatoms. The van der Waals surface area contributed by atoms with Crippen molar-refractivity contribution in [1.29, 1.82) is 0 Å². The smallest absolute Gasteiger partial charge is 0.0328 e. The molecule has 0 amide bonds. The monoisotopic (exact) mass is 338 g/mol. The minimum atomic E-state index is 0. The molecule has 2 unspecified atom stereocenters. The van der Waals surface area contributed by atoms with Crippen LogP contribution in [0.3, 0.4) is 0 Å². The first-order valence-corrected chi connectivity index (χ1v) is 7.53. The largest absolute Gasteiger partial charge is 0.328 e. The fourth-order valence-electron chi connectivity index (χ4n) is 2.32. The van der Waals surface area contributed by atoms with Crippen molar-refractivity contribution in [2.24, 2.45) is 11.7 Å². The maximum atomic E-state index is 6.00. The highest BCUT2D eigenvalue weighted by Crippen LogP contribution is 2.24. The normalized spacial score (nSPS) is 23.1. The summed E-state index contributed by atoms with van der Waals surface area (Å²) >= 11 is 5.34. The number of piperidine rings is 1. The maximum absolute atomic E-state index is 6.00. The van der Waals surface area contributed by atoms with Crippen LogP contribution in [0.5, 0.6) is 0 Å². The molecule has 2 atom stereocenters. The van der Waals surface area contributed by atoms with Crippen LogP contribution in [0.25, 0.3) is 0 Å². The third-order valence-electron chi connectivity index (χ3n) is 3.29. The number of nitrogens with two attached hydrogens (primary N) is 1. The average Bonchev–Trinajstić information content (AvgIpc) is 2.64. The van der Waals surface area contributed by atoms with Crippen molar-refractivity contribution in [2.45, 2.75) is 32.4 Å². The van der Waals surface area contributed by atoms with Gasteiger partial charge in [-0.2, -0.15) is 0 Å². The number of thiophene rings is 1. The summed E-state index contributed by atoms with van der Waals surface area (Å²) in [4.78, 5) is 3.98. The van der Waals surface area contributed by atoms with Crippen LogP contribution in [-0.4, -0.2) is 24.0 Å². The van der Waals surface area contributed by atoms with Crippen molar-refractivity contribution in [2.75, 3.05) is 13.1 Å². The van der Waals surface area contributed by atoms with E-state index in [0.717, 1.165) is 13.1 Å². The highest BCUT2D eigenvalue weighted by Gasteiger charge is 2.22. The molecule has 0 radical (unpaired) electrons. The third kappa shape index (κ3) is 4.52. The highest BCUT2D eigenvalue weighted by atomic mass is 79.9. The van der Waals surface area contributed by atoms with Crippen molar-refractivity contribution in [3.8, 4) is 0 Å². The first-order chi connectivity index (χ1) is 7.65. The number of likely N-dealkylation sites (tertiary alicyclic amines) is 1. The van der Waals surface area contributed by atoms with E-state index in [0.29, 0.717) is 12.0 Å². The van der Waals surface area contributed by atoms with E-state index in [1.165, 1.54) is 28.7 Å². The summed E-state index contributed by atoms with van der Waals surface area (Å²) < 4.78 is 1.20. The number of halogens is 2. The molecule has 2 rings (SSSR count). The van der Waals surface area contributed by atoms with E-state index in [4.69, 9.17) is 5.73 Å². The van der Waals surface area contributed by atoms with Crippen LogP contribution in [0.1, 0.15) is 24.6 Å². The van der Waals surface area contributed by atoms with E-state index in [9.17, 15) is 0 Å². The van der Waals surface area contributed by atoms with Gasteiger partial charge >= 0.3 is 0 Å². The summed E-state index contributed by atoms with van der Waals surface area (Å²) in [5, 5.41) is 2.16. The second-order valence-corrected chi connectivity index (χ2v) is 6.64. The Kier molecular flexibility index (Phi) is 6.45. The Morgan fingerprint density at radius 3 is 3.00 bits per heavy atom. The Bertz CT molecular complexity index is 343. The van der Waals surface area contributed by atoms with E-state index in [1.807, 2.05) is 11.3 Å². The standard InChI is InChI=1S/C12H19BrN2S.ClH/c1-9(14)10-3-2-4-15(6-10)7-12-5-11(13)8-16-12;/h5,8-10H,2-4,6-7,14H2,1H3;1H. The molecule has 17 heavy (non-hydrogen) atoms. The van der Waals surface area contributed by atoms with Crippen molar-refractivity contribution in [3.63, 3.8) is 0 Å². The first-order valence-electron chi connectivity index (χ1n) is 5.86. The molecule has 98 valence electrons. The van der Waals surface area contributed by atoms with Gasteiger partial charge < -0.3 is 5.73 Å². The van der Waals surface area contributed by atoms with Crippen LogP contribution < -0.4 is 5.73 Å². The van der Waals surface area contributed by atoms with Gasteiger partial charge in [0.25, 0.3) is 0 Å². The zero-order valence-electron chi connectivity index (χ0n) is 10.1. The van der Waals surface area contributed by atoms with Gasteiger partial charge in [0.15, 0.2) is 0 Å². The van der Waals surface area contributed by atoms with Crippen molar-refractivity contribution in [3.05, 3.63) is 20.8 Å². The maximum Gasteiger partial charge on any atom is 0.0328 e. The molecule has 2 N–H and O–H groups in total. The zero-order valence-corrected chi connectivity index (χ0v) is 13.3. The molecule has 2 heterocycles. The van der Waals surface area contributed by atoms with Crippen LogP contribution >= 0.6 is 39.7 Å². The lowest BCUT2D eigenvalue weighted by molar-refractivity contribution is 0.155. The zero-order chi connectivity index (χ0) is 11.5. The van der Waals surface area contributed by atoms with Gasteiger partial charge in [-0.05, 0) is 54.2 Å². The van der Waals surface area contributed by atoms with Gasteiger partial charge in [0, 0.05) is 33.9 Å². The van der Waals surface area contributed by atoms with E-state index < -0.39 is 0 Å². The van der Waals surface area contributed by atoms with Crippen LogP contribution in [0.4, 0.5) is 0 Å². The molecule has 1 aliphatic rings. The highest BCUT2D eigenvalue weighted by molar-refractivity contribution is 9.10. The van der Waals surface area contributed by atoms with Crippen molar-refractivity contribution >= 4 is 39.7 Å². The van der Waals surface area contributed by atoms with Gasteiger partial charge in [-0.3, -0.25) is 4.90 Å². The quantitative estimate of drug-likeness (QED) is 0.913. The van der Waals surface area contributed by atoms with Gasteiger partial charge in [0.1, 0.15) is 0 Å². The summed E-state index contributed by atoms with van der Waals surface area (Å²) in [6, 6.07) is 2.55. The fraction of sp³-hybridized carbons (Fsp3) is 0.667. The molecule has 1 saturated heterocycles. The molecule has 0 aliphatic carbocycles. The van der Waals surface area contributed by atoms with E-state index in [1.54, 1.807) is 0 Å². The molecular weight excluding hydrogens is 320 g/mol. The van der Waals surface area contributed by atoms with Gasteiger partial charge in [-0.15, -0.1) is 23.7 Å². The number of rotatable bonds is 3. The van der Waals surface area contributed by atoms with Crippen LogP contribution in [0.2, 0.25) is 0 Å². The van der Waals surface area contributed by atoms with E-state index in [2.05, 4.69) is 39.2 Å². The van der Waals surface area contributed by atoms with Crippen LogP contribution in [0, 0.1) is 5.92 Å². The average molecular weight is 340 g/mol. The molecule has 0 bridgehead atoms. The number of hydrogen-bond acceptors (Lipinski definition) is 3. The van der Waals surface area contributed by atoms with E-state index in [-0.39, 0.29) is 12.4 Å². The molecule has 0 spiro atoms. The molecule has 1 aromatic heterocycles. The van der Waals surface area contributed by atoms with Crippen LogP contribution in [-0.2, 0) is 6.54 Å². The second kappa shape index (κ2) is 7.10. The third-order valence-corrected chi connectivity index (χ3v) is 4.97. The molecule has 1 aromatic rings. The molecule has 1 fully saturated rings. The Balaban J connectivity index is 0.00000144. The predicted octanol–water partition coefficient (Wildman–Crippen LogP) is 3.49. The summed E-state index contributed by atoms with van der Waals surface area (Å²) in [7, 11) is 0. The molecule has 2 nitrogen and oxygen atoms in total. The summed E-state index contributed by atoms with van der Waals surface area (Å²) in [6.45, 7) is 5.60. The molecule has 0 aromatic carbocycles.